The van der Waals surface area contributed by atoms with Crippen LogP contribution in [0.1, 0.15) is 18.6 Å². The van der Waals surface area contributed by atoms with Gasteiger partial charge in [-0.15, -0.1) is 0 Å². The molecule has 1 fully saturated rings. The Kier molecular flexibility index (Phi) is 6.30. The molecule has 6 nitrogen and oxygen atoms in total. The minimum atomic E-state index is -0.0644. The molecule has 2 heterocycles. The van der Waals surface area contributed by atoms with Crippen LogP contribution in [0.5, 0.6) is 0 Å². The summed E-state index contributed by atoms with van der Waals surface area (Å²) in [5.74, 6) is 1.02. The molecule has 0 spiro atoms. The van der Waals surface area contributed by atoms with Crippen LogP contribution in [-0.4, -0.2) is 48.4 Å². The highest BCUT2D eigenvalue weighted by Gasteiger charge is 2.24. The van der Waals surface area contributed by atoms with Crippen molar-refractivity contribution >= 4 is 23.7 Å². The smallest absolute Gasteiger partial charge is 0.321 e. The van der Waals surface area contributed by atoms with E-state index in [1.807, 2.05) is 42.3 Å². The number of benzene rings is 1. The van der Waals surface area contributed by atoms with E-state index in [1.54, 1.807) is 29.4 Å². The minimum absolute atomic E-state index is 0.0457. The molecule has 27 heavy (non-hydrogen) atoms. The molecule has 1 saturated heterocycles. The van der Waals surface area contributed by atoms with E-state index in [-0.39, 0.29) is 11.9 Å². The van der Waals surface area contributed by atoms with Crippen LogP contribution in [-0.2, 0) is 4.79 Å². The first-order valence-electron chi connectivity index (χ1n) is 9.19. The molecule has 0 unspecified atom stereocenters. The molecular formula is C21H25N3O3. The zero-order chi connectivity index (χ0) is 19.1. The van der Waals surface area contributed by atoms with E-state index in [2.05, 4.69) is 5.32 Å². The number of likely N-dealkylation sites (N-methyl/N-ethyl adjacent to an activating group) is 1. The quantitative estimate of drug-likeness (QED) is 0.820. The Balaban J connectivity index is 1.42. The number of likely N-dealkylation sites (tertiary alicyclic amines) is 1. The molecule has 2 aromatic rings. The van der Waals surface area contributed by atoms with Crippen molar-refractivity contribution in [2.45, 2.75) is 12.8 Å². The van der Waals surface area contributed by atoms with Crippen LogP contribution in [0.3, 0.4) is 0 Å². The van der Waals surface area contributed by atoms with Gasteiger partial charge < -0.3 is 19.5 Å². The Morgan fingerprint density at radius 1 is 1.19 bits per heavy atom. The first-order valence-corrected chi connectivity index (χ1v) is 9.19. The van der Waals surface area contributed by atoms with Gasteiger partial charge in [-0.25, -0.2) is 4.79 Å². The number of urea groups is 1. The molecule has 1 aliphatic rings. The van der Waals surface area contributed by atoms with E-state index >= 15 is 0 Å². The number of nitrogens with zero attached hydrogens (tertiary/aromatic N) is 2. The van der Waals surface area contributed by atoms with E-state index in [1.165, 1.54) is 6.08 Å². The number of carbonyl (C=O) groups is 2. The lowest BCUT2D eigenvalue weighted by Gasteiger charge is -2.33. The van der Waals surface area contributed by atoms with Crippen molar-refractivity contribution in [1.82, 2.24) is 9.80 Å². The van der Waals surface area contributed by atoms with Gasteiger partial charge in [0, 0.05) is 38.4 Å². The summed E-state index contributed by atoms with van der Waals surface area (Å²) < 4.78 is 5.19. The largest absolute Gasteiger partial charge is 0.465 e. The molecule has 0 bridgehead atoms. The van der Waals surface area contributed by atoms with E-state index in [9.17, 15) is 9.59 Å². The predicted molar refractivity (Wildman–Crippen MR) is 105 cm³/mol. The average molecular weight is 367 g/mol. The SMILES string of the molecule is CN(CC1CCN(C(=O)Nc2ccccc2)CC1)C(=O)C=Cc1ccco1. The number of piperidine rings is 1. The summed E-state index contributed by atoms with van der Waals surface area (Å²) in [5.41, 5.74) is 0.804. The molecule has 1 N–H and O–H groups in total. The second-order valence-corrected chi connectivity index (χ2v) is 6.79. The van der Waals surface area contributed by atoms with Crippen LogP contribution in [0.25, 0.3) is 6.08 Å². The van der Waals surface area contributed by atoms with Gasteiger partial charge in [-0.3, -0.25) is 4.79 Å². The number of amides is 3. The van der Waals surface area contributed by atoms with Crippen molar-refractivity contribution in [2.24, 2.45) is 5.92 Å². The fraction of sp³-hybridized carbons (Fsp3) is 0.333. The third-order valence-electron chi connectivity index (χ3n) is 4.77. The number of nitrogens with one attached hydrogen (secondary N) is 1. The molecule has 142 valence electrons. The summed E-state index contributed by atoms with van der Waals surface area (Å²) >= 11 is 0. The Morgan fingerprint density at radius 3 is 2.59 bits per heavy atom. The average Bonchev–Trinajstić information content (AvgIpc) is 3.21. The van der Waals surface area contributed by atoms with Crippen molar-refractivity contribution in [2.75, 3.05) is 32.0 Å². The van der Waals surface area contributed by atoms with Gasteiger partial charge in [0.2, 0.25) is 5.91 Å². The summed E-state index contributed by atoms with van der Waals surface area (Å²) in [6.07, 6.45) is 6.57. The maximum Gasteiger partial charge on any atom is 0.321 e. The molecule has 0 radical (unpaired) electrons. The first-order chi connectivity index (χ1) is 13.1. The van der Waals surface area contributed by atoms with Gasteiger partial charge in [-0.05, 0) is 49.1 Å². The standard InChI is InChI=1S/C21H25N3O3/c1-23(20(25)10-9-19-8-5-15-27-19)16-17-11-13-24(14-12-17)21(26)22-18-6-3-2-4-7-18/h2-10,15,17H,11-14,16H2,1H3,(H,22,26). The molecule has 1 aliphatic heterocycles. The van der Waals surface area contributed by atoms with Crippen LogP contribution >= 0.6 is 0 Å². The number of hydrogen-bond donors (Lipinski definition) is 1. The van der Waals surface area contributed by atoms with Crippen LogP contribution < -0.4 is 5.32 Å². The number of para-hydroxylation sites is 1. The number of carbonyl (C=O) groups excluding carboxylic acids is 2. The van der Waals surface area contributed by atoms with Crippen molar-refractivity contribution in [3.8, 4) is 0 Å². The lowest BCUT2D eigenvalue weighted by Crippen LogP contribution is -2.43. The summed E-state index contributed by atoms with van der Waals surface area (Å²) in [6, 6.07) is 13.0. The number of anilines is 1. The van der Waals surface area contributed by atoms with E-state index in [0.29, 0.717) is 31.3 Å². The highest BCUT2D eigenvalue weighted by Crippen LogP contribution is 2.19. The topological polar surface area (TPSA) is 65.8 Å². The Labute approximate surface area is 159 Å². The zero-order valence-corrected chi connectivity index (χ0v) is 15.5. The number of furan rings is 1. The summed E-state index contributed by atoms with van der Waals surface area (Å²) in [4.78, 5) is 28.1. The maximum absolute atomic E-state index is 12.3. The summed E-state index contributed by atoms with van der Waals surface area (Å²) in [5, 5.41) is 2.92. The Bertz CT molecular complexity index is 763. The fourth-order valence-corrected chi connectivity index (χ4v) is 3.19. The third-order valence-corrected chi connectivity index (χ3v) is 4.77. The lowest BCUT2D eigenvalue weighted by molar-refractivity contribution is -0.125. The minimum Gasteiger partial charge on any atom is -0.465 e. The van der Waals surface area contributed by atoms with Crippen LogP contribution in [0.2, 0.25) is 0 Å². The second-order valence-electron chi connectivity index (χ2n) is 6.79. The van der Waals surface area contributed by atoms with Gasteiger partial charge in [-0.2, -0.15) is 0 Å². The van der Waals surface area contributed by atoms with Gasteiger partial charge >= 0.3 is 6.03 Å². The monoisotopic (exact) mass is 367 g/mol. The number of rotatable bonds is 5. The normalized spacial score (nSPS) is 15.1. The van der Waals surface area contributed by atoms with Crippen molar-refractivity contribution < 1.29 is 14.0 Å². The maximum atomic E-state index is 12.3. The van der Waals surface area contributed by atoms with Crippen LogP contribution in [0.15, 0.2) is 59.2 Å². The van der Waals surface area contributed by atoms with E-state index in [4.69, 9.17) is 4.42 Å². The van der Waals surface area contributed by atoms with Gasteiger partial charge in [0.25, 0.3) is 0 Å². The van der Waals surface area contributed by atoms with Crippen LogP contribution in [0, 0.1) is 5.92 Å². The van der Waals surface area contributed by atoms with E-state index < -0.39 is 0 Å². The molecule has 0 saturated carbocycles. The molecule has 0 aliphatic carbocycles. The van der Waals surface area contributed by atoms with Crippen LogP contribution in [0.4, 0.5) is 10.5 Å². The fourth-order valence-electron chi connectivity index (χ4n) is 3.19. The Hall–Kier alpha value is -3.02. The highest BCUT2D eigenvalue weighted by atomic mass is 16.3. The summed E-state index contributed by atoms with van der Waals surface area (Å²) in [7, 11) is 1.81. The number of hydrogen-bond acceptors (Lipinski definition) is 3. The molecular weight excluding hydrogens is 342 g/mol. The van der Waals surface area contributed by atoms with Gasteiger partial charge in [-0.1, -0.05) is 18.2 Å². The van der Waals surface area contributed by atoms with Crippen molar-refractivity contribution in [1.29, 1.82) is 0 Å². The first kappa shape index (κ1) is 18.8. The molecule has 3 rings (SSSR count). The van der Waals surface area contributed by atoms with Gasteiger partial charge in [0.15, 0.2) is 0 Å². The molecule has 0 atom stereocenters. The van der Waals surface area contributed by atoms with Crippen molar-refractivity contribution in [3.05, 3.63) is 60.6 Å². The predicted octanol–water partition coefficient (Wildman–Crippen LogP) is 3.70. The zero-order valence-electron chi connectivity index (χ0n) is 15.5. The lowest BCUT2D eigenvalue weighted by atomic mass is 9.96. The highest BCUT2D eigenvalue weighted by molar-refractivity contribution is 5.91. The summed E-state index contributed by atoms with van der Waals surface area (Å²) in [6.45, 7) is 2.09. The van der Waals surface area contributed by atoms with Crippen molar-refractivity contribution in [3.63, 3.8) is 0 Å². The molecule has 6 heteroatoms. The second kappa shape index (κ2) is 9.07. The van der Waals surface area contributed by atoms with Gasteiger partial charge in [0.05, 0.1) is 6.26 Å². The molecule has 1 aromatic carbocycles. The van der Waals surface area contributed by atoms with Gasteiger partial charge in [0.1, 0.15) is 5.76 Å². The third kappa shape index (κ3) is 5.48. The van der Waals surface area contributed by atoms with E-state index in [0.717, 1.165) is 18.5 Å². The molecule has 1 aromatic heterocycles. The molecule has 3 amide bonds. The Morgan fingerprint density at radius 2 is 1.93 bits per heavy atom.